The van der Waals surface area contributed by atoms with E-state index in [0.29, 0.717) is 0 Å². The zero-order valence-corrected chi connectivity index (χ0v) is 17.1. The Morgan fingerprint density at radius 2 is 2.00 bits per heavy atom. The third-order valence-electron chi connectivity index (χ3n) is 4.90. The minimum Gasteiger partial charge on any atom is -0.355 e. The fourth-order valence-electron chi connectivity index (χ4n) is 3.71. The summed E-state index contributed by atoms with van der Waals surface area (Å²) < 4.78 is 1.23. The van der Waals surface area contributed by atoms with Gasteiger partial charge in [0.25, 0.3) is 0 Å². The number of nitrogens with one attached hydrogen (secondary N) is 1. The second-order valence-electron chi connectivity index (χ2n) is 8.35. The quantitative estimate of drug-likeness (QED) is 0.843. The van der Waals surface area contributed by atoms with E-state index in [2.05, 4.69) is 61.3 Å². The molecule has 1 saturated heterocycles. The average molecular weight is 375 g/mol. The van der Waals surface area contributed by atoms with E-state index in [1.165, 1.54) is 4.70 Å². The molecule has 6 heteroatoms. The van der Waals surface area contributed by atoms with Crippen LogP contribution >= 0.6 is 11.3 Å². The van der Waals surface area contributed by atoms with Crippen molar-refractivity contribution in [2.24, 2.45) is 11.3 Å². The summed E-state index contributed by atoms with van der Waals surface area (Å²) >= 11 is 1.74. The predicted molar refractivity (Wildman–Crippen MR) is 110 cm³/mol. The number of hydrogen-bond acceptors (Lipinski definition) is 5. The van der Waals surface area contributed by atoms with Crippen LogP contribution in [0.15, 0.2) is 24.3 Å². The molecule has 2 heterocycles. The first kappa shape index (κ1) is 19.1. The van der Waals surface area contributed by atoms with Crippen molar-refractivity contribution in [3.05, 3.63) is 24.3 Å². The van der Waals surface area contributed by atoms with Crippen LogP contribution < -0.4 is 10.2 Å². The van der Waals surface area contributed by atoms with Gasteiger partial charge in [0.1, 0.15) is 0 Å². The van der Waals surface area contributed by atoms with E-state index in [1.807, 2.05) is 6.07 Å². The molecule has 1 aromatic carbocycles. The lowest BCUT2D eigenvalue weighted by Gasteiger charge is -2.33. The Balaban J connectivity index is 1.50. The summed E-state index contributed by atoms with van der Waals surface area (Å²) in [7, 11) is 4.14. The number of para-hydroxylation sites is 1. The molecule has 2 aromatic rings. The summed E-state index contributed by atoms with van der Waals surface area (Å²) in [4.78, 5) is 21.8. The van der Waals surface area contributed by atoms with E-state index in [-0.39, 0.29) is 17.2 Å². The number of anilines is 1. The highest BCUT2D eigenvalue weighted by Gasteiger charge is 2.28. The summed E-state index contributed by atoms with van der Waals surface area (Å²) in [5.74, 6) is 0.330. The van der Waals surface area contributed by atoms with Gasteiger partial charge in [0.15, 0.2) is 5.13 Å². The molecule has 0 spiro atoms. The number of hydrogen-bond donors (Lipinski definition) is 1. The van der Waals surface area contributed by atoms with Crippen molar-refractivity contribution in [1.82, 2.24) is 15.2 Å². The van der Waals surface area contributed by atoms with Crippen LogP contribution in [0.2, 0.25) is 0 Å². The number of amides is 1. The van der Waals surface area contributed by atoms with Crippen molar-refractivity contribution in [2.75, 3.05) is 45.2 Å². The molecule has 1 N–H and O–H groups in total. The minimum atomic E-state index is 0.0842. The third kappa shape index (κ3) is 4.74. The number of nitrogens with zero attached hydrogens (tertiary/aromatic N) is 3. The van der Waals surface area contributed by atoms with Crippen LogP contribution in [0, 0.1) is 11.3 Å². The van der Waals surface area contributed by atoms with Gasteiger partial charge in [0, 0.05) is 32.1 Å². The molecule has 5 nitrogen and oxygen atoms in total. The molecule has 1 amide bonds. The molecule has 1 aliphatic rings. The SMILES string of the molecule is CN(C)CC(C)(C)CNC(=O)C1CCN(c2nc3ccccc3s2)CC1. The average Bonchev–Trinajstić information content (AvgIpc) is 3.03. The standard InChI is InChI=1S/C20H30N4OS/c1-20(2,14-23(3)4)13-21-18(25)15-9-11-24(12-10-15)19-22-16-7-5-6-8-17(16)26-19/h5-8,15H,9-14H2,1-4H3,(H,21,25). The molecule has 26 heavy (non-hydrogen) atoms. The molecule has 142 valence electrons. The Kier molecular flexibility index (Phi) is 5.82. The van der Waals surface area contributed by atoms with Gasteiger partial charge >= 0.3 is 0 Å². The van der Waals surface area contributed by atoms with Crippen LogP contribution in [-0.4, -0.2) is 56.1 Å². The van der Waals surface area contributed by atoms with Crippen LogP contribution in [0.4, 0.5) is 5.13 Å². The molecule has 1 fully saturated rings. The Morgan fingerprint density at radius 3 is 2.65 bits per heavy atom. The van der Waals surface area contributed by atoms with Crippen LogP contribution in [0.1, 0.15) is 26.7 Å². The maximum absolute atomic E-state index is 12.6. The molecule has 1 aliphatic heterocycles. The van der Waals surface area contributed by atoms with Gasteiger partial charge in [-0.2, -0.15) is 0 Å². The molecular formula is C20H30N4OS. The monoisotopic (exact) mass is 374 g/mol. The van der Waals surface area contributed by atoms with E-state index in [4.69, 9.17) is 4.98 Å². The lowest BCUT2D eigenvalue weighted by atomic mass is 9.91. The molecule has 1 aromatic heterocycles. The number of rotatable bonds is 6. The van der Waals surface area contributed by atoms with Crippen molar-refractivity contribution in [2.45, 2.75) is 26.7 Å². The zero-order chi connectivity index (χ0) is 18.7. The Bertz CT molecular complexity index is 714. The number of piperidine rings is 1. The minimum absolute atomic E-state index is 0.0842. The van der Waals surface area contributed by atoms with Gasteiger partial charge in [0.2, 0.25) is 5.91 Å². The Hall–Kier alpha value is -1.66. The van der Waals surface area contributed by atoms with Gasteiger partial charge in [0.05, 0.1) is 10.2 Å². The molecule has 0 unspecified atom stereocenters. The fraction of sp³-hybridized carbons (Fsp3) is 0.600. The van der Waals surface area contributed by atoms with E-state index >= 15 is 0 Å². The fourth-order valence-corrected chi connectivity index (χ4v) is 4.73. The molecule has 0 saturated carbocycles. The lowest BCUT2D eigenvalue weighted by Crippen LogP contribution is -2.45. The van der Waals surface area contributed by atoms with Gasteiger partial charge in [-0.05, 0) is 44.5 Å². The number of aromatic nitrogens is 1. The van der Waals surface area contributed by atoms with E-state index in [0.717, 1.165) is 49.7 Å². The summed E-state index contributed by atoms with van der Waals surface area (Å²) in [5.41, 5.74) is 1.15. The maximum atomic E-state index is 12.6. The van der Waals surface area contributed by atoms with Crippen molar-refractivity contribution in [3.8, 4) is 0 Å². The zero-order valence-electron chi connectivity index (χ0n) is 16.3. The van der Waals surface area contributed by atoms with E-state index < -0.39 is 0 Å². The normalized spacial score (nSPS) is 16.4. The van der Waals surface area contributed by atoms with Crippen LogP contribution in [0.25, 0.3) is 10.2 Å². The highest BCUT2D eigenvalue weighted by molar-refractivity contribution is 7.22. The number of fused-ring (bicyclic) bond motifs is 1. The largest absolute Gasteiger partial charge is 0.355 e. The van der Waals surface area contributed by atoms with Gasteiger partial charge in [-0.25, -0.2) is 4.98 Å². The second-order valence-corrected chi connectivity index (χ2v) is 9.35. The smallest absolute Gasteiger partial charge is 0.223 e. The summed E-state index contributed by atoms with van der Waals surface area (Å²) in [6.45, 7) is 7.88. The van der Waals surface area contributed by atoms with Crippen LogP contribution in [0.5, 0.6) is 0 Å². The lowest BCUT2D eigenvalue weighted by molar-refractivity contribution is -0.126. The summed E-state index contributed by atoms with van der Waals surface area (Å²) in [6, 6.07) is 8.26. The first-order valence-corrected chi connectivity index (χ1v) is 10.2. The molecule has 0 aliphatic carbocycles. The van der Waals surface area contributed by atoms with Crippen LogP contribution in [-0.2, 0) is 4.79 Å². The van der Waals surface area contributed by atoms with Gasteiger partial charge in [-0.1, -0.05) is 37.3 Å². The third-order valence-corrected chi connectivity index (χ3v) is 6.00. The topological polar surface area (TPSA) is 48.5 Å². The summed E-state index contributed by atoms with van der Waals surface area (Å²) in [5, 5.41) is 4.26. The molecule has 0 atom stereocenters. The van der Waals surface area contributed by atoms with Crippen molar-refractivity contribution in [3.63, 3.8) is 0 Å². The Morgan fingerprint density at radius 1 is 1.31 bits per heavy atom. The molecule has 3 rings (SSSR count). The van der Waals surface area contributed by atoms with Gasteiger partial charge in [-0.3, -0.25) is 4.79 Å². The molecular weight excluding hydrogens is 344 g/mol. The number of carbonyl (C=O) groups excluding carboxylic acids is 1. The number of carbonyl (C=O) groups is 1. The van der Waals surface area contributed by atoms with Crippen molar-refractivity contribution < 1.29 is 4.79 Å². The van der Waals surface area contributed by atoms with Crippen molar-refractivity contribution >= 4 is 32.6 Å². The van der Waals surface area contributed by atoms with Crippen LogP contribution in [0.3, 0.4) is 0 Å². The van der Waals surface area contributed by atoms with Gasteiger partial charge in [-0.15, -0.1) is 0 Å². The first-order chi connectivity index (χ1) is 12.3. The highest BCUT2D eigenvalue weighted by atomic mass is 32.1. The Labute approximate surface area is 160 Å². The highest BCUT2D eigenvalue weighted by Crippen LogP contribution is 2.31. The predicted octanol–water partition coefficient (Wildman–Crippen LogP) is 3.22. The van der Waals surface area contributed by atoms with Crippen molar-refractivity contribution in [1.29, 1.82) is 0 Å². The maximum Gasteiger partial charge on any atom is 0.223 e. The van der Waals surface area contributed by atoms with E-state index in [9.17, 15) is 4.79 Å². The second kappa shape index (κ2) is 7.92. The number of benzene rings is 1. The number of thiazole rings is 1. The van der Waals surface area contributed by atoms with E-state index in [1.54, 1.807) is 11.3 Å². The van der Waals surface area contributed by atoms with Gasteiger partial charge < -0.3 is 15.1 Å². The summed E-state index contributed by atoms with van der Waals surface area (Å²) in [6.07, 6.45) is 1.80. The molecule has 0 radical (unpaired) electrons. The molecule has 0 bridgehead atoms. The first-order valence-electron chi connectivity index (χ1n) is 9.37.